The Bertz CT molecular complexity index is 518. The Hall–Kier alpha value is -1.68. The van der Waals surface area contributed by atoms with Crippen LogP contribution in [0.3, 0.4) is 0 Å². The maximum Gasteiger partial charge on any atom is 0.0845 e. The van der Waals surface area contributed by atoms with Crippen molar-refractivity contribution in [2.75, 3.05) is 20.3 Å². The van der Waals surface area contributed by atoms with Gasteiger partial charge in [0.15, 0.2) is 0 Å². The van der Waals surface area contributed by atoms with Crippen LogP contribution in [0.4, 0.5) is 0 Å². The molecular formula is C18H21NO2. The van der Waals surface area contributed by atoms with E-state index in [1.54, 1.807) is 7.11 Å². The summed E-state index contributed by atoms with van der Waals surface area (Å²) in [5.74, 6) is 0. The summed E-state index contributed by atoms with van der Waals surface area (Å²) in [7, 11) is 1.68. The highest BCUT2D eigenvalue weighted by Crippen LogP contribution is 2.35. The molecule has 21 heavy (non-hydrogen) atoms. The molecule has 3 heteroatoms. The molecular weight excluding hydrogens is 262 g/mol. The van der Waals surface area contributed by atoms with E-state index in [9.17, 15) is 5.11 Å². The van der Waals surface area contributed by atoms with Crippen molar-refractivity contribution in [3.8, 4) is 0 Å². The van der Waals surface area contributed by atoms with Crippen molar-refractivity contribution >= 4 is 0 Å². The first kappa shape index (κ1) is 14.3. The number of hydrogen-bond donors (Lipinski definition) is 1. The van der Waals surface area contributed by atoms with Gasteiger partial charge in [-0.05, 0) is 11.1 Å². The van der Waals surface area contributed by atoms with E-state index in [4.69, 9.17) is 4.74 Å². The summed E-state index contributed by atoms with van der Waals surface area (Å²) in [4.78, 5) is 2.32. The van der Waals surface area contributed by atoms with Gasteiger partial charge in [0.25, 0.3) is 0 Å². The van der Waals surface area contributed by atoms with E-state index in [0.29, 0.717) is 13.2 Å². The van der Waals surface area contributed by atoms with Crippen molar-refractivity contribution in [1.29, 1.82) is 0 Å². The van der Waals surface area contributed by atoms with Gasteiger partial charge >= 0.3 is 0 Å². The summed E-state index contributed by atoms with van der Waals surface area (Å²) in [5, 5.41) is 10.0. The molecule has 1 saturated heterocycles. The highest BCUT2D eigenvalue weighted by Gasteiger charge is 2.42. The van der Waals surface area contributed by atoms with Crippen LogP contribution in [0.5, 0.6) is 0 Å². The topological polar surface area (TPSA) is 32.7 Å². The molecule has 1 fully saturated rings. The van der Waals surface area contributed by atoms with Crippen molar-refractivity contribution in [3.05, 3.63) is 71.8 Å². The zero-order valence-corrected chi connectivity index (χ0v) is 12.2. The normalized spacial score (nSPS) is 22.2. The number of aliphatic hydroxyl groups excluding tert-OH is 1. The molecule has 1 heterocycles. The Morgan fingerprint density at radius 1 is 1.05 bits per heavy atom. The molecule has 0 radical (unpaired) electrons. The molecule has 1 aliphatic rings. The van der Waals surface area contributed by atoms with Crippen molar-refractivity contribution < 1.29 is 9.84 Å². The van der Waals surface area contributed by atoms with Crippen LogP contribution in [0, 0.1) is 0 Å². The molecule has 0 bridgehead atoms. The lowest BCUT2D eigenvalue weighted by Crippen LogP contribution is -2.62. The number of benzene rings is 2. The minimum Gasteiger partial charge on any atom is -0.390 e. The van der Waals surface area contributed by atoms with Crippen molar-refractivity contribution in [1.82, 2.24) is 4.90 Å². The molecule has 1 aliphatic heterocycles. The Labute approximate surface area is 125 Å². The molecule has 0 saturated carbocycles. The van der Waals surface area contributed by atoms with Crippen molar-refractivity contribution in [2.24, 2.45) is 0 Å². The first-order valence-corrected chi connectivity index (χ1v) is 7.34. The molecule has 2 atom stereocenters. The Balaban J connectivity index is 1.94. The summed E-state index contributed by atoms with van der Waals surface area (Å²) in [5.41, 5.74) is 2.49. The van der Waals surface area contributed by atoms with Gasteiger partial charge in [0, 0.05) is 13.7 Å². The summed E-state index contributed by atoms with van der Waals surface area (Å²) >= 11 is 0. The SMILES string of the molecule is COCC1C(O)CN1C(c1ccccc1)c1ccccc1. The highest BCUT2D eigenvalue weighted by atomic mass is 16.5. The molecule has 2 aromatic carbocycles. The number of nitrogens with zero attached hydrogens (tertiary/aromatic N) is 1. The van der Waals surface area contributed by atoms with Crippen molar-refractivity contribution in [3.63, 3.8) is 0 Å². The van der Waals surface area contributed by atoms with Crippen LogP contribution in [-0.2, 0) is 4.74 Å². The molecule has 1 N–H and O–H groups in total. The van der Waals surface area contributed by atoms with Gasteiger partial charge in [0.1, 0.15) is 0 Å². The van der Waals surface area contributed by atoms with E-state index < -0.39 is 0 Å². The fourth-order valence-electron chi connectivity index (χ4n) is 3.08. The monoisotopic (exact) mass is 283 g/mol. The van der Waals surface area contributed by atoms with Gasteiger partial charge in [-0.3, -0.25) is 4.90 Å². The number of rotatable bonds is 5. The summed E-state index contributed by atoms with van der Waals surface area (Å²) < 4.78 is 5.27. The number of likely N-dealkylation sites (tertiary alicyclic amines) is 1. The standard InChI is InChI=1S/C18H21NO2/c1-21-13-16-17(20)12-19(16)18(14-8-4-2-5-9-14)15-10-6-3-7-11-15/h2-11,16-18,20H,12-13H2,1H3. The Morgan fingerprint density at radius 3 is 2.00 bits per heavy atom. The third-order valence-corrected chi connectivity index (χ3v) is 4.17. The first-order valence-electron chi connectivity index (χ1n) is 7.34. The second-order valence-corrected chi connectivity index (χ2v) is 5.51. The van der Waals surface area contributed by atoms with E-state index in [0.717, 1.165) is 0 Å². The quantitative estimate of drug-likeness (QED) is 0.915. The molecule has 3 nitrogen and oxygen atoms in total. The summed E-state index contributed by atoms with van der Waals surface area (Å²) in [6.45, 7) is 1.24. The maximum atomic E-state index is 10.0. The van der Waals surface area contributed by atoms with Crippen LogP contribution in [0.2, 0.25) is 0 Å². The summed E-state index contributed by atoms with van der Waals surface area (Å²) in [6.07, 6.45) is -0.306. The van der Waals surface area contributed by atoms with Gasteiger partial charge in [-0.25, -0.2) is 0 Å². The molecule has 110 valence electrons. The lowest BCUT2D eigenvalue weighted by molar-refractivity contribution is -0.103. The summed E-state index contributed by atoms with van der Waals surface area (Å²) in [6, 6.07) is 21.1. The molecule has 2 unspecified atom stereocenters. The number of ether oxygens (including phenoxy) is 1. The predicted molar refractivity (Wildman–Crippen MR) is 83.1 cm³/mol. The highest BCUT2D eigenvalue weighted by molar-refractivity contribution is 5.33. The lowest BCUT2D eigenvalue weighted by atomic mass is 9.89. The third kappa shape index (κ3) is 2.86. The van der Waals surface area contributed by atoms with Gasteiger partial charge in [-0.2, -0.15) is 0 Å². The second-order valence-electron chi connectivity index (χ2n) is 5.51. The average Bonchev–Trinajstić information content (AvgIpc) is 2.54. The Kier molecular flexibility index (Phi) is 4.34. The predicted octanol–water partition coefficient (Wildman–Crippen LogP) is 2.47. The van der Waals surface area contributed by atoms with E-state index in [1.165, 1.54) is 11.1 Å². The Morgan fingerprint density at radius 2 is 1.57 bits per heavy atom. The van der Waals surface area contributed by atoms with Gasteiger partial charge in [-0.1, -0.05) is 60.7 Å². The molecule has 0 spiro atoms. The van der Waals surface area contributed by atoms with Gasteiger partial charge < -0.3 is 9.84 Å². The number of methoxy groups -OCH3 is 1. The van der Waals surface area contributed by atoms with E-state index in [1.807, 2.05) is 12.1 Å². The smallest absolute Gasteiger partial charge is 0.0845 e. The van der Waals surface area contributed by atoms with Crippen molar-refractivity contribution in [2.45, 2.75) is 18.2 Å². The minimum absolute atomic E-state index is 0.0559. The molecule has 0 amide bonds. The third-order valence-electron chi connectivity index (χ3n) is 4.17. The van der Waals surface area contributed by atoms with Gasteiger partial charge in [0.05, 0.1) is 24.8 Å². The molecule has 0 aliphatic carbocycles. The van der Waals surface area contributed by atoms with Crippen LogP contribution in [0.15, 0.2) is 60.7 Å². The van der Waals surface area contributed by atoms with Crippen LogP contribution >= 0.6 is 0 Å². The lowest BCUT2D eigenvalue weighted by Gasteiger charge is -2.49. The van der Waals surface area contributed by atoms with E-state index in [2.05, 4.69) is 53.4 Å². The second kappa shape index (κ2) is 6.39. The zero-order chi connectivity index (χ0) is 14.7. The van der Waals surface area contributed by atoms with Crippen LogP contribution < -0.4 is 0 Å². The number of aliphatic hydroxyl groups is 1. The number of hydrogen-bond acceptors (Lipinski definition) is 3. The van der Waals surface area contributed by atoms with E-state index in [-0.39, 0.29) is 18.2 Å². The van der Waals surface area contributed by atoms with Crippen LogP contribution in [-0.4, -0.2) is 42.4 Å². The maximum absolute atomic E-state index is 10.0. The molecule has 0 aromatic heterocycles. The van der Waals surface area contributed by atoms with Crippen LogP contribution in [0.1, 0.15) is 17.2 Å². The molecule has 2 aromatic rings. The molecule has 3 rings (SSSR count). The minimum atomic E-state index is -0.306. The average molecular weight is 283 g/mol. The number of β-amino-alcohol motifs (C(OH)–C–C–N with tert-alkyl or cyclic N) is 1. The van der Waals surface area contributed by atoms with Gasteiger partial charge in [-0.15, -0.1) is 0 Å². The zero-order valence-electron chi connectivity index (χ0n) is 12.2. The largest absolute Gasteiger partial charge is 0.390 e. The van der Waals surface area contributed by atoms with E-state index >= 15 is 0 Å². The van der Waals surface area contributed by atoms with Gasteiger partial charge in [0.2, 0.25) is 0 Å². The van der Waals surface area contributed by atoms with Crippen LogP contribution in [0.25, 0.3) is 0 Å². The fourth-order valence-corrected chi connectivity index (χ4v) is 3.08. The first-order chi connectivity index (χ1) is 10.3. The fraction of sp³-hybridized carbons (Fsp3) is 0.333.